The van der Waals surface area contributed by atoms with Crippen LogP contribution in [-0.4, -0.2) is 51.8 Å². The smallest absolute Gasteiger partial charge is 0.242 e. The number of nitrogens with zero attached hydrogens (tertiary/aromatic N) is 5. The fraction of sp³-hybridized carbons (Fsp3) is 0.471. The first-order valence-corrected chi connectivity index (χ1v) is 8.52. The summed E-state index contributed by atoms with van der Waals surface area (Å²) >= 11 is 5.86. The quantitative estimate of drug-likeness (QED) is 0.833. The van der Waals surface area contributed by atoms with E-state index in [1.54, 1.807) is 12.3 Å². The second-order valence-electron chi connectivity index (χ2n) is 6.31. The van der Waals surface area contributed by atoms with Crippen LogP contribution in [0.2, 0.25) is 5.02 Å². The van der Waals surface area contributed by atoms with Crippen LogP contribution in [0.15, 0.2) is 30.7 Å². The van der Waals surface area contributed by atoms with Crippen molar-refractivity contribution < 1.29 is 4.79 Å². The van der Waals surface area contributed by atoms with E-state index in [0.717, 1.165) is 37.3 Å². The Balaban J connectivity index is 1.61. The van der Waals surface area contributed by atoms with Gasteiger partial charge in [-0.25, -0.2) is 4.98 Å². The standard InChI is InChI=1S/C17H22ClN5O/c1-13-8-20-22(10-13)11-15-4-3-7-23(15)17(24)12-21(2)16-6-5-14(18)9-19-16/h5-6,8-10,15H,3-4,7,11-12H2,1-2H3. The number of amides is 1. The molecule has 1 fully saturated rings. The van der Waals surface area contributed by atoms with Crippen LogP contribution < -0.4 is 4.90 Å². The molecule has 0 spiro atoms. The van der Waals surface area contributed by atoms with Gasteiger partial charge in [0.1, 0.15) is 5.82 Å². The average Bonchev–Trinajstić information content (AvgIpc) is 3.17. The molecule has 0 bridgehead atoms. The van der Waals surface area contributed by atoms with Gasteiger partial charge in [0, 0.05) is 26.0 Å². The summed E-state index contributed by atoms with van der Waals surface area (Å²) in [5.41, 5.74) is 1.14. The number of rotatable bonds is 5. The highest BCUT2D eigenvalue weighted by Gasteiger charge is 2.29. The lowest BCUT2D eigenvalue weighted by atomic mass is 10.2. The van der Waals surface area contributed by atoms with Crippen LogP contribution in [0.1, 0.15) is 18.4 Å². The Labute approximate surface area is 147 Å². The Morgan fingerprint density at radius 1 is 1.42 bits per heavy atom. The maximum Gasteiger partial charge on any atom is 0.242 e. The number of aryl methyl sites for hydroxylation is 1. The molecule has 1 atom stereocenters. The predicted octanol–water partition coefficient (Wildman–Crippen LogP) is 2.37. The highest BCUT2D eigenvalue weighted by molar-refractivity contribution is 6.30. The first kappa shape index (κ1) is 16.8. The number of halogens is 1. The van der Waals surface area contributed by atoms with Crippen molar-refractivity contribution in [2.24, 2.45) is 0 Å². The van der Waals surface area contributed by atoms with E-state index in [1.807, 2.05) is 46.9 Å². The van der Waals surface area contributed by atoms with Gasteiger partial charge in [-0.15, -0.1) is 0 Å². The molecule has 0 aromatic carbocycles. The molecule has 0 radical (unpaired) electrons. The second kappa shape index (κ2) is 7.21. The van der Waals surface area contributed by atoms with Gasteiger partial charge < -0.3 is 9.80 Å². The van der Waals surface area contributed by atoms with Gasteiger partial charge in [-0.1, -0.05) is 11.6 Å². The minimum absolute atomic E-state index is 0.126. The maximum absolute atomic E-state index is 12.7. The zero-order valence-corrected chi connectivity index (χ0v) is 14.8. The zero-order valence-electron chi connectivity index (χ0n) is 14.0. The first-order valence-electron chi connectivity index (χ1n) is 8.14. The number of pyridine rings is 1. The number of likely N-dealkylation sites (N-methyl/N-ethyl adjacent to an activating group) is 1. The third-order valence-electron chi connectivity index (χ3n) is 4.33. The first-order chi connectivity index (χ1) is 11.5. The molecule has 1 amide bonds. The highest BCUT2D eigenvalue weighted by atomic mass is 35.5. The molecule has 7 heteroatoms. The SMILES string of the molecule is Cc1cnn(CC2CCCN2C(=O)CN(C)c2ccc(Cl)cn2)c1. The Bertz CT molecular complexity index is 699. The number of carbonyl (C=O) groups is 1. The summed E-state index contributed by atoms with van der Waals surface area (Å²) in [6.45, 7) is 3.90. The van der Waals surface area contributed by atoms with Gasteiger partial charge in [-0.05, 0) is 37.5 Å². The molecule has 1 aliphatic rings. The minimum atomic E-state index is 0.126. The fourth-order valence-corrected chi connectivity index (χ4v) is 3.22. The third kappa shape index (κ3) is 3.87. The molecule has 0 aliphatic carbocycles. The summed E-state index contributed by atoms with van der Waals surface area (Å²) in [5.74, 6) is 0.867. The molecule has 2 aromatic rings. The number of carbonyl (C=O) groups excluding carboxylic acids is 1. The van der Waals surface area contributed by atoms with Gasteiger partial charge in [0.05, 0.1) is 30.4 Å². The number of anilines is 1. The van der Waals surface area contributed by atoms with E-state index in [2.05, 4.69) is 10.1 Å². The summed E-state index contributed by atoms with van der Waals surface area (Å²) in [6.07, 6.45) is 7.52. The molecule has 2 aromatic heterocycles. The fourth-order valence-electron chi connectivity index (χ4n) is 3.11. The monoisotopic (exact) mass is 347 g/mol. The van der Waals surface area contributed by atoms with Crippen molar-refractivity contribution in [3.05, 3.63) is 41.3 Å². The number of aromatic nitrogens is 3. The molecule has 0 N–H and O–H groups in total. The van der Waals surface area contributed by atoms with Gasteiger partial charge in [-0.2, -0.15) is 5.10 Å². The van der Waals surface area contributed by atoms with Crippen molar-refractivity contribution in [1.29, 1.82) is 0 Å². The van der Waals surface area contributed by atoms with E-state index >= 15 is 0 Å². The molecule has 1 aliphatic heterocycles. The van der Waals surface area contributed by atoms with Crippen molar-refractivity contribution in [3.63, 3.8) is 0 Å². The van der Waals surface area contributed by atoms with Crippen molar-refractivity contribution in [2.45, 2.75) is 32.4 Å². The molecule has 1 saturated heterocycles. The lowest BCUT2D eigenvalue weighted by Gasteiger charge is -2.27. The molecule has 1 unspecified atom stereocenters. The molecule has 128 valence electrons. The topological polar surface area (TPSA) is 54.3 Å². The van der Waals surface area contributed by atoms with E-state index in [9.17, 15) is 4.79 Å². The van der Waals surface area contributed by atoms with Crippen LogP contribution in [0, 0.1) is 6.92 Å². The molecule has 0 saturated carbocycles. The van der Waals surface area contributed by atoms with Crippen molar-refractivity contribution in [2.75, 3.05) is 25.0 Å². The van der Waals surface area contributed by atoms with Gasteiger partial charge >= 0.3 is 0 Å². The van der Waals surface area contributed by atoms with Crippen LogP contribution in [-0.2, 0) is 11.3 Å². The Morgan fingerprint density at radius 2 is 2.25 bits per heavy atom. The van der Waals surface area contributed by atoms with Crippen LogP contribution >= 0.6 is 11.6 Å². The predicted molar refractivity (Wildman–Crippen MR) is 94.2 cm³/mol. The molecular formula is C17H22ClN5O. The van der Waals surface area contributed by atoms with Crippen molar-refractivity contribution >= 4 is 23.3 Å². The zero-order chi connectivity index (χ0) is 17.1. The normalized spacial score (nSPS) is 17.3. The minimum Gasteiger partial charge on any atom is -0.350 e. The maximum atomic E-state index is 12.7. The van der Waals surface area contributed by atoms with Crippen molar-refractivity contribution in [3.8, 4) is 0 Å². The molecular weight excluding hydrogens is 326 g/mol. The Morgan fingerprint density at radius 3 is 2.92 bits per heavy atom. The third-order valence-corrected chi connectivity index (χ3v) is 4.56. The van der Waals surface area contributed by atoms with E-state index < -0.39 is 0 Å². The number of likely N-dealkylation sites (tertiary alicyclic amines) is 1. The Hall–Kier alpha value is -2.08. The van der Waals surface area contributed by atoms with Gasteiger partial charge in [0.25, 0.3) is 0 Å². The van der Waals surface area contributed by atoms with Crippen LogP contribution in [0.5, 0.6) is 0 Å². The van der Waals surface area contributed by atoms with E-state index in [1.165, 1.54) is 0 Å². The molecule has 3 rings (SSSR count). The summed E-state index contributed by atoms with van der Waals surface area (Å²) in [4.78, 5) is 20.8. The largest absolute Gasteiger partial charge is 0.350 e. The lowest BCUT2D eigenvalue weighted by molar-refractivity contribution is -0.130. The molecule has 24 heavy (non-hydrogen) atoms. The summed E-state index contributed by atoms with van der Waals surface area (Å²) in [6, 6.07) is 3.82. The van der Waals surface area contributed by atoms with Crippen LogP contribution in [0.4, 0.5) is 5.82 Å². The van der Waals surface area contributed by atoms with Gasteiger partial charge in [0.15, 0.2) is 0 Å². The van der Waals surface area contributed by atoms with Crippen molar-refractivity contribution in [1.82, 2.24) is 19.7 Å². The van der Waals surface area contributed by atoms with E-state index in [4.69, 9.17) is 11.6 Å². The summed E-state index contributed by atoms with van der Waals surface area (Å²) < 4.78 is 1.93. The number of hydrogen-bond acceptors (Lipinski definition) is 4. The Kier molecular flexibility index (Phi) is 5.04. The van der Waals surface area contributed by atoms with Gasteiger partial charge in [0.2, 0.25) is 5.91 Å². The van der Waals surface area contributed by atoms with Crippen LogP contribution in [0.25, 0.3) is 0 Å². The van der Waals surface area contributed by atoms with Gasteiger partial charge in [-0.3, -0.25) is 9.48 Å². The van der Waals surface area contributed by atoms with Crippen LogP contribution in [0.3, 0.4) is 0 Å². The average molecular weight is 348 g/mol. The second-order valence-corrected chi connectivity index (χ2v) is 6.75. The van der Waals surface area contributed by atoms with E-state index in [-0.39, 0.29) is 11.9 Å². The number of hydrogen-bond donors (Lipinski definition) is 0. The molecule has 6 nitrogen and oxygen atoms in total. The summed E-state index contributed by atoms with van der Waals surface area (Å²) in [5, 5.41) is 4.93. The molecule has 3 heterocycles. The lowest BCUT2D eigenvalue weighted by Crippen LogP contribution is -2.43. The van der Waals surface area contributed by atoms with E-state index in [0.29, 0.717) is 11.6 Å². The highest BCUT2D eigenvalue weighted by Crippen LogP contribution is 2.20. The summed E-state index contributed by atoms with van der Waals surface area (Å²) in [7, 11) is 1.87.